The van der Waals surface area contributed by atoms with E-state index in [-0.39, 0.29) is 11.7 Å². The molecule has 2 aromatic carbocycles. The maximum atomic E-state index is 12.4. The van der Waals surface area contributed by atoms with E-state index < -0.39 is 0 Å². The number of nitrogens with zero attached hydrogens (tertiary/aromatic N) is 3. The second kappa shape index (κ2) is 10.6. The number of carbonyl (C=O) groups is 1. The predicted octanol–water partition coefficient (Wildman–Crippen LogP) is 5.90. The van der Waals surface area contributed by atoms with Crippen molar-refractivity contribution in [1.82, 2.24) is 14.8 Å². The van der Waals surface area contributed by atoms with Crippen LogP contribution in [0.5, 0.6) is 0 Å². The van der Waals surface area contributed by atoms with E-state index >= 15 is 0 Å². The number of benzene rings is 2. The van der Waals surface area contributed by atoms with E-state index in [9.17, 15) is 4.79 Å². The second-order valence-electron chi connectivity index (χ2n) is 6.80. The standard InChI is InChI=1S/C21H22Cl2N4OS2/c1-13-5-4-6-14(2)20(13)24-19(28)12-30-21-26-25-18(27(21)3)11-29-10-15-7-8-16(22)17(23)9-15/h4-9H,10-12H2,1-3H3,(H,24,28). The zero-order chi connectivity index (χ0) is 21.7. The monoisotopic (exact) mass is 480 g/mol. The quantitative estimate of drug-likeness (QED) is 0.406. The first kappa shape index (κ1) is 23.0. The zero-order valence-corrected chi connectivity index (χ0v) is 20.1. The summed E-state index contributed by atoms with van der Waals surface area (Å²) in [6.07, 6.45) is 0. The second-order valence-corrected chi connectivity index (χ2v) is 9.55. The Labute approximate surface area is 194 Å². The SMILES string of the molecule is Cc1cccc(C)c1NC(=O)CSc1nnc(CSCc2ccc(Cl)c(Cl)c2)n1C. The van der Waals surface area contributed by atoms with Crippen LogP contribution in [0.25, 0.3) is 0 Å². The highest BCUT2D eigenvalue weighted by Gasteiger charge is 2.13. The Kier molecular flexibility index (Phi) is 8.11. The van der Waals surface area contributed by atoms with Gasteiger partial charge in [0.15, 0.2) is 5.16 Å². The van der Waals surface area contributed by atoms with Crippen molar-refractivity contribution in [2.45, 2.75) is 30.5 Å². The molecule has 158 valence electrons. The number of hydrogen-bond acceptors (Lipinski definition) is 5. The minimum Gasteiger partial charge on any atom is -0.325 e. The van der Waals surface area contributed by atoms with E-state index in [4.69, 9.17) is 23.2 Å². The highest BCUT2D eigenvalue weighted by Crippen LogP contribution is 2.26. The van der Waals surface area contributed by atoms with Gasteiger partial charge in [-0.05, 0) is 42.7 Å². The molecule has 0 aliphatic rings. The molecule has 3 rings (SSSR count). The number of rotatable bonds is 8. The van der Waals surface area contributed by atoms with Gasteiger partial charge >= 0.3 is 0 Å². The third kappa shape index (κ3) is 5.94. The molecule has 0 spiro atoms. The van der Waals surface area contributed by atoms with Gasteiger partial charge in [-0.3, -0.25) is 4.79 Å². The van der Waals surface area contributed by atoms with Gasteiger partial charge in [0, 0.05) is 18.5 Å². The number of para-hydroxylation sites is 1. The van der Waals surface area contributed by atoms with Gasteiger partial charge in [-0.25, -0.2) is 0 Å². The summed E-state index contributed by atoms with van der Waals surface area (Å²) in [6.45, 7) is 3.97. The van der Waals surface area contributed by atoms with Gasteiger partial charge in [0.25, 0.3) is 0 Å². The molecule has 30 heavy (non-hydrogen) atoms. The number of thioether (sulfide) groups is 2. The summed E-state index contributed by atoms with van der Waals surface area (Å²) in [5, 5.41) is 13.3. The van der Waals surface area contributed by atoms with Crippen molar-refractivity contribution >= 4 is 58.3 Å². The average molecular weight is 481 g/mol. The van der Waals surface area contributed by atoms with Crippen molar-refractivity contribution in [3.8, 4) is 0 Å². The normalized spacial score (nSPS) is 11.0. The number of carbonyl (C=O) groups excluding carboxylic acids is 1. The summed E-state index contributed by atoms with van der Waals surface area (Å²) in [7, 11) is 1.92. The fraction of sp³-hybridized carbons (Fsp3) is 0.286. The first-order chi connectivity index (χ1) is 14.3. The van der Waals surface area contributed by atoms with Crippen LogP contribution in [0.4, 0.5) is 5.69 Å². The van der Waals surface area contributed by atoms with Crippen LogP contribution >= 0.6 is 46.7 Å². The molecule has 1 heterocycles. The van der Waals surface area contributed by atoms with Crippen molar-refractivity contribution in [3.63, 3.8) is 0 Å². The highest BCUT2D eigenvalue weighted by atomic mass is 35.5. The van der Waals surface area contributed by atoms with Gasteiger partial charge in [0.2, 0.25) is 5.91 Å². The minimum absolute atomic E-state index is 0.0593. The van der Waals surface area contributed by atoms with Gasteiger partial charge in [-0.2, -0.15) is 0 Å². The number of amides is 1. The molecule has 0 unspecified atom stereocenters. The minimum atomic E-state index is -0.0593. The van der Waals surface area contributed by atoms with E-state index in [0.29, 0.717) is 15.8 Å². The molecule has 0 radical (unpaired) electrons. The van der Waals surface area contributed by atoms with Crippen molar-refractivity contribution in [2.24, 2.45) is 7.05 Å². The summed E-state index contributed by atoms with van der Waals surface area (Å²) in [4.78, 5) is 12.4. The number of aromatic nitrogens is 3. The zero-order valence-electron chi connectivity index (χ0n) is 16.9. The first-order valence-electron chi connectivity index (χ1n) is 9.24. The smallest absolute Gasteiger partial charge is 0.234 e. The van der Waals surface area contributed by atoms with Gasteiger partial charge < -0.3 is 9.88 Å². The molecular weight excluding hydrogens is 459 g/mol. The largest absolute Gasteiger partial charge is 0.325 e. The molecular formula is C21H22Cl2N4OS2. The van der Waals surface area contributed by atoms with Crippen LogP contribution < -0.4 is 5.32 Å². The molecule has 0 saturated carbocycles. The van der Waals surface area contributed by atoms with E-state index in [1.807, 2.05) is 55.8 Å². The maximum absolute atomic E-state index is 12.4. The van der Waals surface area contributed by atoms with Crippen LogP contribution in [0, 0.1) is 13.8 Å². The summed E-state index contributed by atoms with van der Waals surface area (Å²) in [6, 6.07) is 11.6. The lowest BCUT2D eigenvalue weighted by Crippen LogP contribution is -2.16. The summed E-state index contributed by atoms with van der Waals surface area (Å²) in [5.41, 5.74) is 4.08. The Morgan fingerprint density at radius 1 is 1.07 bits per heavy atom. The first-order valence-corrected chi connectivity index (χ1v) is 12.1. The molecule has 0 fully saturated rings. The Balaban J connectivity index is 1.51. The van der Waals surface area contributed by atoms with Gasteiger partial charge in [-0.15, -0.1) is 22.0 Å². The van der Waals surface area contributed by atoms with Crippen LogP contribution in [0.3, 0.4) is 0 Å². The Hall–Kier alpha value is -1.67. The molecule has 0 atom stereocenters. The van der Waals surface area contributed by atoms with Crippen molar-refractivity contribution in [1.29, 1.82) is 0 Å². The maximum Gasteiger partial charge on any atom is 0.234 e. The van der Waals surface area contributed by atoms with E-state index in [1.165, 1.54) is 11.8 Å². The van der Waals surface area contributed by atoms with Gasteiger partial charge in [0.1, 0.15) is 5.82 Å². The molecule has 0 aliphatic heterocycles. The Morgan fingerprint density at radius 2 is 1.80 bits per heavy atom. The molecule has 0 bridgehead atoms. The molecule has 3 aromatic rings. The van der Waals surface area contributed by atoms with Crippen molar-refractivity contribution < 1.29 is 4.79 Å². The van der Waals surface area contributed by atoms with Crippen LogP contribution in [0.15, 0.2) is 41.6 Å². The molecule has 0 aliphatic carbocycles. The summed E-state index contributed by atoms with van der Waals surface area (Å²) < 4.78 is 1.93. The fourth-order valence-electron chi connectivity index (χ4n) is 2.80. The van der Waals surface area contributed by atoms with E-state index in [2.05, 4.69) is 15.5 Å². The fourth-order valence-corrected chi connectivity index (χ4v) is 4.81. The lowest BCUT2D eigenvalue weighted by molar-refractivity contribution is -0.113. The summed E-state index contributed by atoms with van der Waals surface area (Å²) >= 11 is 15.1. The molecule has 5 nitrogen and oxygen atoms in total. The highest BCUT2D eigenvalue weighted by molar-refractivity contribution is 7.99. The lowest BCUT2D eigenvalue weighted by atomic mass is 10.1. The number of anilines is 1. The van der Waals surface area contributed by atoms with Crippen LogP contribution in [-0.2, 0) is 23.3 Å². The van der Waals surface area contributed by atoms with Gasteiger partial charge in [-0.1, -0.05) is 59.2 Å². The Bertz CT molecular complexity index is 1040. The number of aryl methyl sites for hydroxylation is 2. The molecule has 1 amide bonds. The number of nitrogens with one attached hydrogen (secondary N) is 1. The van der Waals surface area contributed by atoms with Crippen LogP contribution in [0.1, 0.15) is 22.5 Å². The number of hydrogen-bond donors (Lipinski definition) is 1. The molecule has 1 N–H and O–H groups in total. The van der Waals surface area contributed by atoms with Crippen LogP contribution in [0.2, 0.25) is 10.0 Å². The van der Waals surface area contributed by atoms with Gasteiger partial charge in [0.05, 0.1) is 21.6 Å². The third-order valence-electron chi connectivity index (χ3n) is 4.49. The van der Waals surface area contributed by atoms with E-state index in [0.717, 1.165) is 39.1 Å². The lowest BCUT2D eigenvalue weighted by Gasteiger charge is -2.11. The topological polar surface area (TPSA) is 59.8 Å². The predicted molar refractivity (Wildman–Crippen MR) is 128 cm³/mol. The van der Waals surface area contributed by atoms with Crippen molar-refractivity contribution in [2.75, 3.05) is 11.1 Å². The average Bonchev–Trinajstić information content (AvgIpc) is 3.06. The Morgan fingerprint density at radius 3 is 2.50 bits per heavy atom. The third-order valence-corrected chi connectivity index (χ3v) is 7.25. The molecule has 1 aromatic heterocycles. The summed E-state index contributed by atoms with van der Waals surface area (Å²) in [5.74, 6) is 2.58. The van der Waals surface area contributed by atoms with Crippen molar-refractivity contribution in [3.05, 3.63) is 69.0 Å². The number of halogens is 2. The van der Waals surface area contributed by atoms with E-state index in [1.54, 1.807) is 17.8 Å². The van der Waals surface area contributed by atoms with Crippen LogP contribution in [-0.4, -0.2) is 26.4 Å². The molecule has 0 saturated heterocycles. The molecule has 9 heteroatoms.